The lowest BCUT2D eigenvalue weighted by Crippen LogP contribution is -1.92. The van der Waals surface area contributed by atoms with Gasteiger partial charge in [0.2, 0.25) is 0 Å². The van der Waals surface area contributed by atoms with Crippen LogP contribution in [0.3, 0.4) is 0 Å². The van der Waals surface area contributed by atoms with Crippen LogP contribution in [0.15, 0.2) is 34.8 Å². The molecular weight excluding hydrogens is 316 g/mol. The molecule has 2 rings (SSSR count). The lowest BCUT2D eigenvalue weighted by Gasteiger charge is -2.08. The molecule has 0 fully saturated rings. The number of benzene rings is 2. The fraction of sp³-hybridized carbons (Fsp3) is 0. The maximum Gasteiger partial charge on any atom is 0.135 e. The van der Waals surface area contributed by atoms with Crippen molar-refractivity contribution in [1.82, 2.24) is 0 Å². The summed E-state index contributed by atoms with van der Waals surface area (Å²) >= 11 is 8.74. The van der Waals surface area contributed by atoms with Crippen molar-refractivity contribution in [3.63, 3.8) is 0 Å². The Morgan fingerprint density at radius 1 is 0.941 bits per heavy atom. The second-order valence-corrected chi connectivity index (χ2v) is 4.69. The summed E-state index contributed by atoms with van der Waals surface area (Å²) in [4.78, 5) is 0. The van der Waals surface area contributed by atoms with E-state index in [1.807, 2.05) is 0 Å². The van der Waals surface area contributed by atoms with Gasteiger partial charge < -0.3 is 0 Å². The molecule has 0 bridgehead atoms. The van der Waals surface area contributed by atoms with E-state index in [9.17, 15) is 13.2 Å². The Kier molecular flexibility index (Phi) is 3.45. The van der Waals surface area contributed by atoms with E-state index in [1.165, 1.54) is 6.07 Å². The third-order valence-corrected chi connectivity index (χ3v) is 2.98. The molecule has 0 aromatic heterocycles. The van der Waals surface area contributed by atoms with E-state index in [-0.39, 0.29) is 20.6 Å². The molecule has 0 radical (unpaired) electrons. The predicted octanol–water partition coefficient (Wildman–Crippen LogP) is 5.19. The first-order valence-corrected chi connectivity index (χ1v) is 5.76. The molecule has 0 N–H and O–H groups in total. The van der Waals surface area contributed by atoms with Crippen molar-refractivity contribution in [3.05, 3.63) is 57.3 Å². The summed E-state index contributed by atoms with van der Waals surface area (Å²) in [5.74, 6) is -2.08. The van der Waals surface area contributed by atoms with Crippen LogP contribution in [0, 0.1) is 17.5 Å². The lowest BCUT2D eigenvalue weighted by molar-refractivity contribution is 0.587. The fourth-order valence-corrected chi connectivity index (χ4v) is 2.16. The average Bonchev–Trinajstić information content (AvgIpc) is 2.19. The summed E-state index contributed by atoms with van der Waals surface area (Å²) in [5, 5.41) is -0.0369. The van der Waals surface area contributed by atoms with Crippen LogP contribution in [0.25, 0.3) is 11.1 Å². The zero-order chi connectivity index (χ0) is 12.6. The fourth-order valence-electron chi connectivity index (χ4n) is 1.49. The topological polar surface area (TPSA) is 0 Å². The van der Waals surface area contributed by atoms with Crippen molar-refractivity contribution < 1.29 is 13.2 Å². The maximum atomic E-state index is 13.7. The highest BCUT2D eigenvalue weighted by molar-refractivity contribution is 9.10. The van der Waals surface area contributed by atoms with E-state index in [1.54, 1.807) is 0 Å². The standard InChI is InChI=1S/C12H5BrClF3/c13-6-3-10(16)12(11(17)4-6)8-2-1-7(15)5-9(8)14/h1-5H. The molecule has 0 heterocycles. The van der Waals surface area contributed by atoms with Crippen LogP contribution >= 0.6 is 27.5 Å². The van der Waals surface area contributed by atoms with Gasteiger partial charge in [0, 0.05) is 10.0 Å². The first kappa shape index (κ1) is 12.5. The third-order valence-electron chi connectivity index (χ3n) is 2.21. The Balaban J connectivity index is 2.68. The van der Waals surface area contributed by atoms with Crippen LogP contribution in [0.1, 0.15) is 0 Å². The van der Waals surface area contributed by atoms with E-state index in [2.05, 4.69) is 15.9 Å². The van der Waals surface area contributed by atoms with Gasteiger partial charge in [-0.3, -0.25) is 0 Å². The summed E-state index contributed by atoms with van der Waals surface area (Å²) in [6, 6.07) is 5.60. The van der Waals surface area contributed by atoms with Crippen molar-refractivity contribution in [3.8, 4) is 11.1 Å². The lowest BCUT2D eigenvalue weighted by atomic mass is 10.0. The maximum absolute atomic E-state index is 13.7. The summed E-state index contributed by atoms with van der Waals surface area (Å²) in [5.41, 5.74) is -0.145. The molecule has 2 aromatic carbocycles. The summed E-state index contributed by atoms with van der Waals surface area (Å²) < 4.78 is 40.4. The van der Waals surface area contributed by atoms with Crippen LogP contribution in [0.5, 0.6) is 0 Å². The predicted molar refractivity (Wildman–Crippen MR) is 64.5 cm³/mol. The third kappa shape index (κ3) is 2.48. The summed E-state index contributed by atoms with van der Waals surface area (Å²) in [6.07, 6.45) is 0. The quantitative estimate of drug-likeness (QED) is 0.678. The zero-order valence-electron chi connectivity index (χ0n) is 8.28. The van der Waals surface area contributed by atoms with E-state index in [0.29, 0.717) is 0 Å². The van der Waals surface area contributed by atoms with E-state index < -0.39 is 17.5 Å². The van der Waals surface area contributed by atoms with Crippen molar-refractivity contribution in [2.45, 2.75) is 0 Å². The Bertz CT molecular complexity index is 561. The number of halogens is 5. The van der Waals surface area contributed by atoms with Crippen LogP contribution in [-0.4, -0.2) is 0 Å². The zero-order valence-corrected chi connectivity index (χ0v) is 10.6. The summed E-state index contributed by atoms with van der Waals surface area (Å²) in [7, 11) is 0. The molecule has 0 saturated carbocycles. The minimum atomic E-state index is -0.759. The normalized spacial score (nSPS) is 10.6. The van der Waals surface area contributed by atoms with Crippen LogP contribution < -0.4 is 0 Å². The molecule has 2 aromatic rings. The Hall–Kier alpha value is -1.00. The molecule has 0 nitrogen and oxygen atoms in total. The number of hydrogen-bond acceptors (Lipinski definition) is 0. The van der Waals surface area contributed by atoms with Gasteiger partial charge in [-0.25, -0.2) is 13.2 Å². The molecule has 0 unspecified atom stereocenters. The van der Waals surface area contributed by atoms with Crippen molar-refractivity contribution in [2.24, 2.45) is 0 Å². The number of hydrogen-bond donors (Lipinski definition) is 0. The molecule has 0 aliphatic rings. The van der Waals surface area contributed by atoms with Crippen molar-refractivity contribution >= 4 is 27.5 Å². The largest absolute Gasteiger partial charge is 0.207 e. The molecule has 0 spiro atoms. The molecule has 17 heavy (non-hydrogen) atoms. The molecule has 5 heteroatoms. The number of rotatable bonds is 1. The second kappa shape index (κ2) is 4.70. The van der Waals surface area contributed by atoms with Crippen LogP contribution in [0.2, 0.25) is 5.02 Å². The Morgan fingerprint density at radius 2 is 1.53 bits per heavy atom. The highest BCUT2D eigenvalue weighted by atomic mass is 79.9. The van der Waals surface area contributed by atoms with Crippen LogP contribution in [0.4, 0.5) is 13.2 Å². The second-order valence-electron chi connectivity index (χ2n) is 3.37. The first-order chi connectivity index (χ1) is 7.99. The van der Waals surface area contributed by atoms with Gasteiger partial charge in [-0.15, -0.1) is 0 Å². The van der Waals surface area contributed by atoms with Crippen molar-refractivity contribution in [2.75, 3.05) is 0 Å². The first-order valence-electron chi connectivity index (χ1n) is 4.59. The van der Waals surface area contributed by atoms with E-state index in [4.69, 9.17) is 11.6 Å². The van der Waals surface area contributed by atoms with Gasteiger partial charge in [-0.05, 0) is 30.3 Å². The summed E-state index contributed by atoms with van der Waals surface area (Å²) in [6.45, 7) is 0. The van der Waals surface area contributed by atoms with Gasteiger partial charge in [-0.1, -0.05) is 27.5 Å². The van der Waals surface area contributed by atoms with E-state index in [0.717, 1.165) is 24.3 Å². The SMILES string of the molecule is Fc1ccc(-c2c(F)cc(Br)cc2F)c(Cl)c1. The van der Waals surface area contributed by atoms with Gasteiger partial charge in [0.15, 0.2) is 0 Å². The Morgan fingerprint density at radius 3 is 2.06 bits per heavy atom. The molecular formula is C12H5BrClF3. The highest BCUT2D eigenvalue weighted by Crippen LogP contribution is 2.34. The van der Waals surface area contributed by atoms with E-state index >= 15 is 0 Å². The van der Waals surface area contributed by atoms with Gasteiger partial charge in [0.1, 0.15) is 17.5 Å². The Labute approximate surface area is 109 Å². The van der Waals surface area contributed by atoms with Gasteiger partial charge in [-0.2, -0.15) is 0 Å². The van der Waals surface area contributed by atoms with Gasteiger partial charge in [0.05, 0.1) is 10.6 Å². The molecule has 0 aliphatic heterocycles. The highest BCUT2D eigenvalue weighted by Gasteiger charge is 2.15. The smallest absolute Gasteiger partial charge is 0.135 e. The van der Waals surface area contributed by atoms with Gasteiger partial charge in [0.25, 0.3) is 0 Å². The molecule has 0 saturated heterocycles. The van der Waals surface area contributed by atoms with Crippen molar-refractivity contribution in [1.29, 1.82) is 0 Å². The monoisotopic (exact) mass is 320 g/mol. The molecule has 0 atom stereocenters. The van der Waals surface area contributed by atoms with Crippen LogP contribution in [-0.2, 0) is 0 Å². The molecule has 88 valence electrons. The average molecular weight is 322 g/mol. The molecule has 0 aliphatic carbocycles. The minimum Gasteiger partial charge on any atom is -0.207 e. The molecule has 0 amide bonds. The minimum absolute atomic E-state index is 0.0369. The van der Waals surface area contributed by atoms with Gasteiger partial charge >= 0.3 is 0 Å².